The Morgan fingerprint density at radius 2 is 1.76 bits per heavy atom. The van der Waals surface area contributed by atoms with E-state index < -0.39 is 0 Å². The minimum absolute atomic E-state index is 0.494. The quantitative estimate of drug-likeness (QED) is 0.782. The van der Waals surface area contributed by atoms with E-state index in [4.69, 9.17) is 0 Å². The zero-order valence-electron chi connectivity index (χ0n) is 12.9. The van der Waals surface area contributed by atoms with Crippen LogP contribution < -0.4 is 10.2 Å². The highest BCUT2D eigenvalue weighted by molar-refractivity contribution is 9.10. The molecule has 112 valence electrons. The molecule has 0 amide bonds. The summed E-state index contributed by atoms with van der Waals surface area (Å²) in [4.78, 5) is 2.31. The van der Waals surface area contributed by atoms with Crippen molar-refractivity contribution in [3.63, 3.8) is 0 Å². The predicted molar refractivity (Wildman–Crippen MR) is 95.2 cm³/mol. The summed E-state index contributed by atoms with van der Waals surface area (Å²) in [6.45, 7) is 8.33. The van der Waals surface area contributed by atoms with E-state index in [-0.39, 0.29) is 0 Å². The lowest BCUT2D eigenvalue weighted by Gasteiger charge is -2.24. The first kappa shape index (κ1) is 16.1. The number of hydrogen-bond acceptors (Lipinski definition) is 2. The summed E-state index contributed by atoms with van der Waals surface area (Å²) in [6, 6.07) is 17.6. The summed E-state index contributed by atoms with van der Waals surface area (Å²) in [6.07, 6.45) is 0. The topological polar surface area (TPSA) is 15.3 Å². The summed E-state index contributed by atoms with van der Waals surface area (Å²) in [5, 5.41) is 3.45. The van der Waals surface area contributed by atoms with Gasteiger partial charge in [0, 0.05) is 35.0 Å². The van der Waals surface area contributed by atoms with Crippen LogP contribution in [0, 0.1) is 0 Å². The molecule has 1 N–H and O–H groups in total. The monoisotopic (exact) mass is 346 g/mol. The Kier molecular flexibility index (Phi) is 5.83. The lowest BCUT2D eigenvalue weighted by atomic mass is 10.1. The van der Waals surface area contributed by atoms with E-state index in [9.17, 15) is 0 Å². The van der Waals surface area contributed by atoms with E-state index in [1.807, 2.05) is 6.07 Å². The van der Waals surface area contributed by atoms with Crippen LogP contribution in [0.1, 0.15) is 26.3 Å². The van der Waals surface area contributed by atoms with Crippen molar-refractivity contribution in [1.29, 1.82) is 0 Å². The lowest BCUT2D eigenvalue weighted by Crippen LogP contribution is -2.22. The van der Waals surface area contributed by atoms with E-state index in [1.165, 1.54) is 16.9 Å². The van der Waals surface area contributed by atoms with Crippen LogP contribution in [0.5, 0.6) is 0 Å². The molecule has 0 aliphatic heterocycles. The van der Waals surface area contributed by atoms with Gasteiger partial charge in [0.1, 0.15) is 0 Å². The Bertz CT molecular complexity index is 567. The largest absolute Gasteiger partial charge is 0.342 e. The number of anilines is 2. The Morgan fingerprint density at radius 1 is 1.05 bits per heavy atom. The molecule has 0 radical (unpaired) electrons. The van der Waals surface area contributed by atoms with E-state index in [1.54, 1.807) is 0 Å². The lowest BCUT2D eigenvalue weighted by molar-refractivity contribution is 0.588. The standard InChI is InChI=1S/C18H23BrN2/c1-4-21(16-8-6-5-7-9-16)17-11-10-15(18(19)12-17)13-20-14(2)3/h5-12,14,20H,4,13H2,1-3H3. The smallest absolute Gasteiger partial charge is 0.0422 e. The number of halogens is 1. The number of hydrogen-bond donors (Lipinski definition) is 1. The highest BCUT2D eigenvalue weighted by Crippen LogP contribution is 2.29. The predicted octanol–water partition coefficient (Wildman–Crippen LogP) is 5.11. The molecule has 2 aromatic rings. The molecule has 0 aromatic heterocycles. The summed E-state index contributed by atoms with van der Waals surface area (Å²) in [5.41, 5.74) is 3.72. The Morgan fingerprint density at radius 3 is 2.33 bits per heavy atom. The molecule has 2 nitrogen and oxygen atoms in total. The Labute approximate surface area is 136 Å². The highest BCUT2D eigenvalue weighted by Gasteiger charge is 2.09. The van der Waals surface area contributed by atoms with Crippen molar-refractivity contribution in [3.8, 4) is 0 Å². The summed E-state index contributed by atoms with van der Waals surface area (Å²) >= 11 is 3.70. The first-order chi connectivity index (χ1) is 10.1. The van der Waals surface area contributed by atoms with Gasteiger partial charge in [-0.1, -0.05) is 54.0 Å². The number of rotatable bonds is 6. The average molecular weight is 347 g/mol. The number of benzene rings is 2. The van der Waals surface area contributed by atoms with Gasteiger partial charge in [0.15, 0.2) is 0 Å². The fraction of sp³-hybridized carbons (Fsp3) is 0.333. The van der Waals surface area contributed by atoms with Gasteiger partial charge in [-0.25, -0.2) is 0 Å². The second-order valence-electron chi connectivity index (χ2n) is 5.39. The molecule has 2 rings (SSSR count). The maximum absolute atomic E-state index is 3.70. The number of para-hydroxylation sites is 1. The molecule has 0 bridgehead atoms. The first-order valence-electron chi connectivity index (χ1n) is 7.46. The number of nitrogens with one attached hydrogen (secondary N) is 1. The van der Waals surface area contributed by atoms with Gasteiger partial charge in [0.05, 0.1) is 0 Å². The van der Waals surface area contributed by atoms with Gasteiger partial charge in [-0.05, 0) is 36.8 Å². The van der Waals surface area contributed by atoms with Gasteiger partial charge in [-0.3, -0.25) is 0 Å². The molecule has 21 heavy (non-hydrogen) atoms. The summed E-state index contributed by atoms with van der Waals surface area (Å²) in [5.74, 6) is 0. The van der Waals surface area contributed by atoms with E-state index >= 15 is 0 Å². The molecule has 0 heterocycles. The zero-order chi connectivity index (χ0) is 15.2. The molecule has 2 aromatic carbocycles. The molecule has 0 saturated heterocycles. The average Bonchev–Trinajstić information content (AvgIpc) is 2.48. The van der Waals surface area contributed by atoms with Crippen LogP contribution in [-0.4, -0.2) is 12.6 Å². The van der Waals surface area contributed by atoms with Crippen molar-refractivity contribution in [2.24, 2.45) is 0 Å². The van der Waals surface area contributed by atoms with E-state index in [2.05, 4.69) is 89.4 Å². The molecule has 0 aliphatic carbocycles. The molecule has 0 spiro atoms. The van der Waals surface area contributed by atoms with Gasteiger partial charge < -0.3 is 10.2 Å². The van der Waals surface area contributed by atoms with E-state index in [0.717, 1.165) is 17.6 Å². The van der Waals surface area contributed by atoms with Crippen LogP contribution in [-0.2, 0) is 6.54 Å². The fourth-order valence-electron chi connectivity index (χ4n) is 2.28. The molecule has 0 aliphatic rings. The maximum Gasteiger partial charge on any atom is 0.0422 e. The molecular weight excluding hydrogens is 324 g/mol. The van der Waals surface area contributed by atoms with Crippen molar-refractivity contribution in [1.82, 2.24) is 5.32 Å². The van der Waals surface area contributed by atoms with Gasteiger partial charge in [-0.2, -0.15) is 0 Å². The second-order valence-corrected chi connectivity index (χ2v) is 6.25. The molecule has 0 atom stereocenters. The van der Waals surface area contributed by atoms with Crippen molar-refractivity contribution in [2.45, 2.75) is 33.4 Å². The van der Waals surface area contributed by atoms with Crippen molar-refractivity contribution < 1.29 is 0 Å². The van der Waals surface area contributed by atoms with Crippen LogP contribution in [0.25, 0.3) is 0 Å². The van der Waals surface area contributed by atoms with Crippen LogP contribution in [0.2, 0.25) is 0 Å². The van der Waals surface area contributed by atoms with Crippen molar-refractivity contribution in [2.75, 3.05) is 11.4 Å². The van der Waals surface area contributed by atoms with Crippen molar-refractivity contribution >= 4 is 27.3 Å². The third kappa shape index (κ3) is 4.32. The molecule has 0 saturated carbocycles. The van der Waals surface area contributed by atoms with Crippen molar-refractivity contribution in [3.05, 3.63) is 58.6 Å². The number of nitrogens with zero attached hydrogens (tertiary/aromatic N) is 1. The Balaban J connectivity index is 2.22. The van der Waals surface area contributed by atoms with E-state index in [0.29, 0.717) is 6.04 Å². The minimum Gasteiger partial charge on any atom is -0.342 e. The highest BCUT2D eigenvalue weighted by atomic mass is 79.9. The first-order valence-corrected chi connectivity index (χ1v) is 8.25. The van der Waals surface area contributed by atoms with Crippen LogP contribution in [0.15, 0.2) is 53.0 Å². The van der Waals surface area contributed by atoms with Crippen LogP contribution in [0.4, 0.5) is 11.4 Å². The Hall–Kier alpha value is -1.32. The SMILES string of the molecule is CCN(c1ccccc1)c1ccc(CNC(C)C)c(Br)c1. The van der Waals surface area contributed by atoms with Crippen LogP contribution >= 0.6 is 15.9 Å². The minimum atomic E-state index is 0.494. The third-order valence-electron chi connectivity index (χ3n) is 3.43. The molecule has 0 fully saturated rings. The molecule has 0 unspecified atom stereocenters. The van der Waals surface area contributed by atoms with Gasteiger partial charge in [0.25, 0.3) is 0 Å². The zero-order valence-corrected chi connectivity index (χ0v) is 14.5. The maximum atomic E-state index is 3.70. The van der Waals surface area contributed by atoms with Gasteiger partial charge >= 0.3 is 0 Å². The second kappa shape index (κ2) is 7.62. The summed E-state index contributed by atoms with van der Waals surface area (Å²) in [7, 11) is 0. The molecule has 3 heteroatoms. The van der Waals surface area contributed by atoms with Gasteiger partial charge in [0.2, 0.25) is 0 Å². The third-order valence-corrected chi connectivity index (χ3v) is 4.17. The van der Waals surface area contributed by atoms with Crippen LogP contribution in [0.3, 0.4) is 0 Å². The normalized spacial score (nSPS) is 10.9. The summed E-state index contributed by atoms with van der Waals surface area (Å²) < 4.78 is 1.16. The van der Waals surface area contributed by atoms with Gasteiger partial charge in [-0.15, -0.1) is 0 Å². The molecular formula is C18H23BrN2. The fourth-order valence-corrected chi connectivity index (χ4v) is 2.79.